The Bertz CT molecular complexity index is 2250. The first-order chi connectivity index (χ1) is 24.9. The lowest BCUT2D eigenvalue weighted by atomic mass is 9.82. The summed E-state index contributed by atoms with van der Waals surface area (Å²) in [5.74, 6) is 3.48. The van der Waals surface area contributed by atoms with Gasteiger partial charge in [0, 0.05) is 48.2 Å². The van der Waals surface area contributed by atoms with Gasteiger partial charge >= 0.3 is 0 Å². The van der Waals surface area contributed by atoms with Crippen LogP contribution in [0.5, 0.6) is 0 Å². The minimum Gasteiger partial charge on any atom is -0.399 e. The van der Waals surface area contributed by atoms with Crippen molar-refractivity contribution in [2.75, 3.05) is 41.0 Å². The van der Waals surface area contributed by atoms with Gasteiger partial charge in [0.05, 0.1) is 28.2 Å². The number of carbonyl (C=O) groups excluding carboxylic acids is 3. The summed E-state index contributed by atoms with van der Waals surface area (Å²) in [7, 11) is -7.67. The molecule has 4 aromatic carbocycles. The van der Waals surface area contributed by atoms with E-state index in [0.29, 0.717) is 6.42 Å². The molecule has 0 heterocycles. The van der Waals surface area contributed by atoms with Crippen molar-refractivity contribution in [3.8, 4) is 0 Å². The lowest BCUT2D eigenvalue weighted by molar-refractivity contribution is -0.121. The Balaban J connectivity index is 0.000000269. The van der Waals surface area contributed by atoms with Gasteiger partial charge in [0.1, 0.15) is 9.79 Å². The van der Waals surface area contributed by atoms with Crippen LogP contribution in [-0.2, 0) is 25.0 Å². The van der Waals surface area contributed by atoms with Crippen LogP contribution in [0.1, 0.15) is 70.4 Å². The predicted octanol–water partition coefficient (Wildman–Crippen LogP) is 3.90. The van der Waals surface area contributed by atoms with Crippen molar-refractivity contribution < 1.29 is 40.3 Å². The van der Waals surface area contributed by atoms with Gasteiger partial charge in [0.25, 0.3) is 20.2 Å². The van der Waals surface area contributed by atoms with Crippen molar-refractivity contribution in [1.29, 1.82) is 0 Å². The van der Waals surface area contributed by atoms with E-state index in [0.717, 1.165) is 56.1 Å². The molecule has 1 amide bonds. The van der Waals surface area contributed by atoms with E-state index in [2.05, 4.69) is 22.7 Å². The summed E-state index contributed by atoms with van der Waals surface area (Å²) in [5.41, 5.74) is 19.2. The Labute approximate surface area is 307 Å². The number of anilines is 6. The maximum Gasteiger partial charge on any atom is 0.296 e. The molecule has 1 aliphatic carbocycles. The molecule has 5 rings (SSSR count). The van der Waals surface area contributed by atoms with Crippen molar-refractivity contribution in [2.24, 2.45) is 5.84 Å². The topological polar surface area (TPSA) is 291 Å². The second kappa shape index (κ2) is 16.9. The average Bonchev–Trinajstić information content (AvgIpc) is 3.10. The molecule has 0 aliphatic heterocycles. The van der Waals surface area contributed by atoms with Crippen molar-refractivity contribution in [3.05, 3.63) is 95.1 Å². The lowest BCUT2D eigenvalue weighted by Crippen LogP contribution is -2.29. The molecule has 16 nitrogen and oxygen atoms in total. The van der Waals surface area contributed by atoms with Gasteiger partial charge in [0.2, 0.25) is 5.91 Å². The minimum absolute atomic E-state index is 0.00804. The molecule has 18 heteroatoms. The summed E-state index contributed by atoms with van der Waals surface area (Å²) in [4.78, 5) is 38.0. The van der Waals surface area contributed by atoms with Crippen LogP contribution >= 0.6 is 0 Å². The highest BCUT2D eigenvalue weighted by Gasteiger charge is 2.36. The Kier molecular flexibility index (Phi) is 12.8. The van der Waals surface area contributed by atoms with Crippen LogP contribution in [0.25, 0.3) is 0 Å². The summed E-state index contributed by atoms with van der Waals surface area (Å²) >= 11 is 0. The molecule has 0 radical (unpaired) electrons. The molecule has 0 aromatic heterocycles. The van der Waals surface area contributed by atoms with E-state index in [-0.39, 0.29) is 39.7 Å². The zero-order chi connectivity index (χ0) is 39.1. The minimum atomic E-state index is -4.96. The number of nitrogen functional groups attached to an aromatic ring is 3. The van der Waals surface area contributed by atoms with Gasteiger partial charge in [-0.15, -0.1) is 0 Å². The fraction of sp³-hybridized carbons (Fsp3) is 0.229. The summed E-state index contributed by atoms with van der Waals surface area (Å²) in [6.07, 6.45) is 6.03. The van der Waals surface area contributed by atoms with E-state index in [4.69, 9.17) is 23.0 Å². The molecule has 0 fully saturated rings. The van der Waals surface area contributed by atoms with E-state index in [1.165, 1.54) is 42.4 Å². The Hall–Kier alpha value is -5.53. The van der Waals surface area contributed by atoms with E-state index < -0.39 is 52.8 Å². The molecule has 4 aromatic rings. The van der Waals surface area contributed by atoms with Crippen LogP contribution in [0, 0.1) is 0 Å². The summed E-state index contributed by atoms with van der Waals surface area (Å²) < 4.78 is 66.8. The van der Waals surface area contributed by atoms with Gasteiger partial charge < -0.3 is 27.4 Å². The van der Waals surface area contributed by atoms with Gasteiger partial charge in [-0.1, -0.05) is 43.5 Å². The highest BCUT2D eigenvalue weighted by atomic mass is 32.2. The van der Waals surface area contributed by atoms with E-state index in [9.17, 15) is 40.3 Å². The maximum absolute atomic E-state index is 13.3. The first-order valence-corrected chi connectivity index (χ1v) is 19.1. The van der Waals surface area contributed by atoms with Crippen molar-refractivity contribution in [2.45, 2.75) is 48.3 Å². The highest BCUT2D eigenvalue weighted by Crippen LogP contribution is 2.41. The molecule has 1 aliphatic rings. The lowest BCUT2D eigenvalue weighted by Gasteiger charge is -2.24. The fourth-order valence-corrected chi connectivity index (χ4v) is 7.03. The molecule has 0 atom stereocenters. The monoisotopic (exact) mass is 767 g/mol. The largest absolute Gasteiger partial charge is 0.399 e. The number of hydrogen-bond acceptors (Lipinski definition) is 13. The zero-order valence-corrected chi connectivity index (χ0v) is 30.3. The number of unbranched alkanes of at least 4 members (excludes halogenated alkanes) is 4. The number of nitrogens with zero attached hydrogens (tertiary/aromatic N) is 1. The molecule has 0 spiro atoms. The van der Waals surface area contributed by atoms with E-state index in [1.807, 2.05) is 24.3 Å². The summed E-state index contributed by atoms with van der Waals surface area (Å²) in [6, 6.07) is 17.9. The SMILES string of the molecule is CN(CCCCCCCC(=O)NN)c1ccc(N)cc1.Nc1ccc(Nc2cc(S(=O)(=O)O)c(N)c3c2C(=O)c2ccccc2C3=O)c(S(=O)(=O)O)c1. The third-order valence-corrected chi connectivity index (χ3v) is 10.2. The molecule has 0 saturated heterocycles. The quantitative estimate of drug-likeness (QED) is 0.0210. The number of hydrazine groups is 1. The van der Waals surface area contributed by atoms with Crippen molar-refractivity contribution in [3.63, 3.8) is 0 Å². The molecule has 12 N–H and O–H groups in total. The fourth-order valence-electron chi connectivity index (χ4n) is 5.70. The van der Waals surface area contributed by atoms with Crippen molar-refractivity contribution in [1.82, 2.24) is 5.43 Å². The first kappa shape index (κ1) is 40.2. The number of nitrogens with one attached hydrogen (secondary N) is 2. The molecule has 53 heavy (non-hydrogen) atoms. The third kappa shape index (κ3) is 9.87. The molecular formula is C35H41N7O9S2. The van der Waals surface area contributed by atoms with E-state index >= 15 is 0 Å². The van der Waals surface area contributed by atoms with Crippen LogP contribution < -0.4 is 38.7 Å². The maximum atomic E-state index is 13.3. The highest BCUT2D eigenvalue weighted by molar-refractivity contribution is 7.86. The van der Waals surface area contributed by atoms with Gasteiger partial charge in [0.15, 0.2) is 11.6 Å². The number of rotatable bonds is 13. The van der Waals surface area contributed by atoms with Crippen LogP contribution in [0.2, 0.25) is 0 Å². The summed E-state index contributed by atoms with van der Waals surface area (Å²) in [6.45, 7) is 1.03. The van der Waals surface area contributed by atoms with Crippen LogP contribution in [0.4, 0.5) is 34.1 Å². The number of carbonyl (C=O) groups is 3. The Morgan fingerprint density at radius 1 is 0.698 bits per heavy atom. The van der Waals surface area contributed by atoms with Gasteiger partial charge in [-0.05, 0) is 61.4 Å². The number of amides is 1. The number of nitrogens with two attached hydrogens (primary N) is 4. The Morgan fingerprint density at radius 2 is 1.25 bits per heavy atom. The van der Waals surface area contributed by atoms with E-state index in [1.54, 1.807) is 0 Å². The number of fused-ring (bicyclic) bond motifs is 2. The molecule has 282 valence electrons. The molecular weight excluding hydrogens is 727 g/mol. The van der Waals surface area contributed by atoms with Gasteiger partial charge in [-0.2, -0.15) is 16.8 Å². The second-order valence-electron chi connectivity index (χ2n) is 12.2. The molecule has 0 bridgehead atoms. The molecule has 0 unspecified atom stereocenters. The van der Waals surface area contributed by atoms with Crippen LogP contribution in [-0.4, -0.2) is 57.0 Å². The van der Waals surface area contributed by atoms with Crippen LogP contribution in [0.3, 0.4) is 0 Å². The third-order valence-electron chi connectivity index (χ3n) is 8.42. The predicted molar refractivity (Wildman–Crippen MR) is 202 cm³/mol. The smallest absolute Gasteiger partial charge is 0.296 e. The normalized spacial score (nSPS) is 12.2. The van der Waals surface area contributed by atoms with Gasteiger partial charge in [-0.25, -0.2) is 5.84 Å². The van der Waals surface area contributed by atoms with Gasteiger partial charge in [-0.3, -0.25) is 28.9 Å². The second-order valence-corrected chi connectivity index (χ2v) is 15.0. The number of benzene rings is 4. The zero-order valence-electron chi connectivity index (χ0n) is 28.7. The average molecular weight is 768 g/mol. The number of ketones is 2. The first-order valence-electron chi connectivity index (χ1n) is 16.3. The molecule has 0 saturated carbocycles. The Morgan fingerprint density at radius 3 is 1.83 bits per heavy atom. The summed E-state index contributed by atoms with van der Waals surface area (Å²) in [5, 5.41) is 2.56. The van der Waals surface area contributed by atoms with Crippen molar-refractivity contribution >= 4 is 71.8 Å². The number of hydrogen-bond donors (Lipinski definition) is 8. The standard InChI is InChI=1S/C20H15N3O8S2.C15H26N4O/c21-9-5-6-12(14(7-9)32(26,27)28)23-13-8-15(33(29,30)31)18(22)17-16(13)19(24)10-3-1-2-4-11(10)20(17)25;1-19(14-10-8-13(16)9-11-14)12-6-4-2-3-5-7-15(20)18-17/h1-8,23H,21-22H2,(H,26,27,28)(H,29,30,31);8-11H,2-7,12,16-17H2,1H3,(H,18,20). The van der Waals surface area contributed by atoms with Crippen LogP contribution in [0.15, 0.2) is 82.6 Å².